The number of aromatic nitrogens is 1. The molecule has 0 radical (unpaired) electrons. The first-order valence-electron chi connectivity index (χ1n) is 10.1. The van der Waals surface area contributed by atoms with Gasteiger partial charge in [-0.25, -0.2) is 4.98 Å². The van der Waals surface area contributed by atoms with Crippen molar-refractivity contribution in [2.75, 3.05) is 26.2 Å². The Labute approximate surface area is 179 Å². The number of thiophene rings is 1. The zero-order valence-corrected chi connectivity index (χ0v) is 18.2. The average Bonchev–Trinajstić information content (AvgIpc) is 3.36. The van der Waals surface area contributed by atoms with Gasteiger partial charge in [-0.05, 0) is 50.5 Å². The fourth-order valence-corrected chi connectivity index (χ4v) is 5.45. The normalized spacial score (nSPS) is 14.5. The van der Waals surface area contributed by atoms with Crippen LogP contribution in [0.4, 0.5) is 0 Å². The summed E-state index contributed by atoms with van der Waals surface area (Å²) in [5.74, 6) is 0.291. The summed E-state index contributed by atoms with van der Waals surface area (Å²) in [7, 11) is 0. The summed E-state index contributed by atoms with van der Waals surface area (Å²) in [5, 5.41) is 1.15. The number of piperazine rings is 1. The summed E-state index contributed by atoms with van der Waals surface area (Å²) in [6.45, 7) is 4.51. The molecule has 4 rings (SSSR count). The number of hydrogen-bond donors (Lipinski definition) is 0. The highest BCUT2D eigenvalue weighted by Gasteiger charge is 2.25. The molecule has 0 unspecified atom stereocenters. The maximum absolute atomic E-state index is 12.5. The molecular weight excluding hydrogens is 402 g/mol. The smallest absolute Gasteiger partial charge is 0.264 e. The van der Waals surface area contributed by atoms with E-state index in [9.17, 15) is 9.59 Å². The maximum atomic E-state index is 12.5. The van der Waals surface area contributed by atoms with Gasteiger partial charge in [-0.2, -0.15) is 0 Å². The Bertz CT molecular complexity index is 969. The first kappa shape index (κ1) is 20.0. The van der Waals surface area contributed by atoms with Crippen molar-refractivity contribution >= 4 is 44.7 Å². The molecule has 5 nitrogen and oxygen atoms in total. The Hall–Kier alpha value is -2.25. The maximum Gasteiger partial charge on any atom is 0.264 e. The molecule has 0 spiro atoms. The molecule has 1 fully saturated rings. The fourth-order valence-electron chi connectivity index (χ4n) is 3.60. The lowest BCUT2D eigenvalue weighted by molar-refractivity contribution is -0.132. The van der Waals surface area contributed by atoms with Crippen molar-refractivity contribution in [2.24, 2.45) is 0 Å². The standard InChI is InChI=1S/C22H25N3O2S2/c1-16-10-11-19(28-16)22(27)25-14-12-24(13-15-25)21(26)9-5-4-8-20-23-17-6-2-3-7-18(17)29-20/h2-3,6-7,10-11H,4-5,8-9,12-15H2,1H3. The van der Waals surface area contributed by atoms with Gasteiger partial charge in [0.25, 0.3) is 5.91 Å². The molecule has 29 heavy (non-hydrogen) atoms. The van der Waals surface area contributed by atoms with Crippen molar-refractivity contribution in [1.29, 1.82) is 0 Å². The van der Waals surface area contributed by atoms with E-state index in [2.05, 4.69) is 11.1 Å². The molecule has 1 aliphatic rings. The topological polar surface area (TPSA) is 53.5 Å². The number of aryl methyl sites for hydroxylation is 2. The van der Waals surface area contributed by atoms with Gasteiger partial charge in [0.2, 0.25) is 5.91 Å². The molecule has 3 aromatic rings. The van der Waals surface area contributed by atoms with Crippen LogP contribution in [0.5, 0.6) is 0 Å². The summed E-state index contributed by atoms with van der Waals surface area (Å²) < 4.78 is 1.23. The highest BCUT2D eigenvalue weighted by Crippen LogP contribution is 2.23. The molecule has 2 aromatic heterocycles. The van der Waals surface area contributed by atoms with Crippen LogP contribution in [0, 0.1) is 6.92 Å². The molecule has 1 saturated heterocycles. The van der Waals surface area contributed by atoms with E-state index < -0.39 is 0 Å². The molecule has 0 atom stereocenters. The molecule has 0 N–H and O–H groups in total. The molecule has 0 aliphatic carbocycles. The summed E-state index contributed by atoms with van der Waals surface area (Å²) in [4.78, 5) is 35.4. The molecular formula is C22H25N3O2S2. The van der Waals surface area contributed by atoms with Gasteiger partial charge in [-0.15, -0.1) is 22.7 Å². The third-order valence-electron chi connectivity index (χ3n) is 5.24. The van der Waals surface area contributed by atoms with Gasteiger partial charge in [0.15, 0.2) is 0 Å². The number of thiazole rings is 1. The Balaban J connectivity index is 1.18. The Morgan fingerprint density at radius 3 is 2.45 bits per heavy atom. The fraction of sp³-hybridized carbons (Fsp3) is 0.409. The number of carbonyl (C=O) groups excluding carboxylic acids is 2. The van der Waals surface area contributed by atoms with E-state index in [1.165, 1.54) is 16.0 Å². The third-order valence-corrected chi connectivity index (χ3v) is 7.33. The second-order valence-electron chi connectivity index (χ2n) is 7.37. The first-order chi connectivity index (χ1) is 14.1. The van der Waals surface area contributed by atoms with E-state index in [1.807, 2.05) is 47.1 Å². The van der Waals surface area contributed by atoms with Gasteiger partial charge in [0.1, 0.15) is 0 Å². The van der Waals surface area contributed by atoms with Crippen LogP contribution in [0.1, 0.15) is 38.8 Å². The van der Waals surface area contributed by atoms with E-state index in [4.69, 9.17) is 0 Å². The van der Waals surface area contributed by atoms with Crippen LogP contribution in [0.3, 0.4) is 0 Å². The zero-order chi connectivity index (χ0) is 20.2. The Morgan fingerprint density at radius 2 is 1.72 bits per heavy atom. The van der Waals surface area contributed by atoms with E-state index >= 15 is 0 Å². The molecule has 0 saturated carbocycles. The second-order valence-corrected chi connectivity index (χ2v) is 9.77. The number of amides is 2. The largest absolute Gasteiger partial charge is 0.339 e. The lowest BCUT2D eigenvalue weighted by Gasteiger charge is -2.34. The molecule has 2 amide bonds. The number of fused-ring (bicyclic) bond motifs is 1. The van der Waals surface area contributed by atoms with Gasteiger partial charge in [0, 0.05) is 37.5 Å². The monoisotopic (exact) mass is 427 g/mol. The molecule has 1 aliphatic heterocycles. The molecule has 152 valence electrons. The number of benzene rings is 1. The third kappa shape index (κ3) is 4.85. The minimum atomic E-state index is 0.0889. The van der Waals surface area contributed by atoms with Crippen molar-refractivity contribution in [2.45, 2.75) is 32.6 Å². The van der Waals surface area contributed by atoms with Crippen LogP contribution < -0.4 is 0 Å². The van der Waals surface area contributed by atoms with Crippen molar-refractivity contribution in [1.82, 2.24) is 14.8 Å². The SMILES string of the molecule is Cc1ccc(C(=O)N2CCN(C(=O)CCCCc3nc4ccccc4s3)CC2)s1. The highest BCUT2D eigenvalue weighted by atomic mass is 32.1. The van der Waals surface area contributed by atoms with E-state index in [-0.39, 0.29) is 11.8 Å². The quantitative estimate of drug-likeness (QED) is 0.549. The van der Waals surface area contributed by atoms with E-state index in [0.717, 1.165) is 39.5 Å². The summed E-state index contributed by atoms with van der Waals surface area (Å²) in [6.07, 6.45) is 3.35. The number of rotatable bonds is 6. The lowest BCUT2D eigenvalue weighted by Crippen LogP contribution is -2.50. The van der Waals surface area contributed by atoms with Crippen LogP contribution >= 0.6 is 22.7 Å². The predicted octanol–water partition coefficient (Wildman–Crippen LogP) is 4.36. The van der Waals surface area contributed by atoms with Crippen LogP contribution in [-0.4, -0.2) is 52.8 Å². The van der Waals surface area contributed by atoms with E-state index in [0.29, 0.717) is 32.6 Å². The zero-order valence-electron chi connectivity index (χ0n) is 16.6. The summed E-state index contributed by atoms with van der Waals surface area (Å²) in [6, 6.07) is 12.1. The van der Waals surface area contributed by atoms with Crippen molar-refractivity contribution in [3.05, 3.63) is 51.2 Å². The summed E-state index contributed by atoms with van der Waals surface area (Å²) in [5.41, 5.74) is 1.06. The minimum Gasteiger partial charge on any atom is -0.339 e. The molecule has 3 heterocycles. The molecule has 7 heteroatoms. The van der Waals surface area contributed by atoms with Crippen LogP contribution in [0.15, 0.2) is 36.4 Å². The number of para-hydroxylation sites is 1. The van der Waals surface area contributed by atoms with E-state index in [1.54, 1.807) is 11.3 Å². The van der Waals surface area contributed by atoms with Gasteiger partial charge in [0.05, 0.1) is 20.1 Å². The number of unbranched alkanes of at least 4 members (excludes halogenated alkanes) is 1. The average molecular weight is 428 g/mol. The van der Waals surface area contributed by atoms with Gasteiger partial charge < -0.3 is 9.80 Å². The highest BCUT2D eigenvalue weighted by molar-refractivity contribution is 7.18. The minimum absolute atomic E-state index is 0.0889. The number of carbonyl (C=O) groups is 2. The van der Waals surface area contributed by atoms with Crippen molar-refractivity contribution < 1.29 is 9.59 Å². The van der Waals surface area contributed by atoms with Crippen LogP contribution in [-0.2, 0) is 11.2 Å². The Morgan fingerprint density at radius 1 is 0.966 bits per heavy atom. The molecule has 1 aromatic carbocycles. The number of nitrogens with zero attached hydrogens (tertiary/aromatic N) is 3. The first-order valence-corrected chi connectivity index (χ1v) is 11.7. The Kier molecular flexibility index (Phi) is 6.25. The van der Waals surface area contributed by atoms with Crippen molar-refractivity contribution in [3.8, 4) is 0 Å². The lowest BCUT2D eigenvalue weighted by atomic mass is 10.1. The van der Waals surface area contributed by atoms with Crippen LogP contribution in [0.25, 0.3) is 10.2 Å². The van der Waals surface area contributed by atoms with Gasteiger partial charge >= 0.3 is 0 Å². The van der Waals surface area contributed by atoms with Crippen molar-refractivity contribution in [3.63, 3.8) is 0 Å². The van der Waals surface area contributed by atoms with Crippen LogP contribution in [0.2, 0.25) is 0 Å². The van der Waals surface area contributed by atoms with Gasteiger partial charge in [-0.3, -0.25) is 9.59 Å². The summed E-state index contributed by atoms with van der Waals surface area (Å²) >= 11 is 3.28. The van der Waals surface area contributed by atoms with Gasteiger partial charge in [-0.1, -0.05) is 12.1 Å². The second kappa shape index (κ2) is 9.05. The number of hydrogen-bond acceptors (Lipinski definition) is 5. The molecule has 0 bridgehead atoms. The predicted molar refractivity (Wildman–Crippen MR) is 119 cm³/mol.